The fourth-order valence-corrected chi connectivity index (χ4v) is 4.06. The third kappa shape index (κ3) is 7.63. The van der Waals surface area contributed by atoms with Crippen LogP contribution in [0.3, 0.4) is 0 Å². The van der Waals surface area contributed by atoms with Crippen molar-refractivity contribution in [2.75, 3.05) is 20.3 Å². The van der Waals surface area contributed by atoms with Gasteiger partial charge in [-0.2, -0.15) is 0 Å². The van der Waals surface area contributed by atoms with Gasteiger partial charge in [-0.25, -0.2) is 4.39 Å². The van der Waals surface area contributed by atoms with E-state index in [0.717, 1.165) is 19.1 Å². The summed E-state index contributed by atoms with van der Waals surface area (Å²) in [5.41, 5.74) is 3.76. The van der Waals surface area contributed by atoms with Gasteiger partial charge in [-0.15, -0.1) is 11.3 Å². The first kappa shape index (κ1) is 24.2. The van der Waals surface area contributed by atoms with Crippen LogP contribution >= 0.6 is 11.3 Å². The lowest BCUT2D eigenvalue weighted by Crippen LogP contribution is -2.32. The van der Waals surface area contributed by atoms with Gasteiger partial charge in [0.1, 0.15) is 5.82 Å². The highest BCUT2D eigenvalue weighted by Gasteiger charge is 2.17. The third-order valence-corrected chi connectivity index (χ3v) is 5.72. The second kappa shape index (κ2) is 12.6. The van der Waals surface area contributed by atoms with Gasteiger partial charge in [0.2, 0.25) is 0 Å². The Labute approximate surface area is 181 Å². The van der Waals surface area contributed by atoms with Crippen molar-refractivity contribution in [1.82, 2.24) is 0 Å². The summed E-state index contributed by atoms with van der Waals surface area (Å²) in [5, 5.41) is 24.6. The summed E-state index contributed by atoms with van der Waals surface area (Å²) < 4.78 is 17.7. The minimum absolute atomic E-state index is 0.189. The molecule has 0 radical (unpaired) electrons. The summed E-state index contributed by atoms with van der Waals surface area (Å²) in [6.45, 7) is 2.89. The van der Waals surface area contributed by atoms with E-state index in [9.17, 15) is 4.39 Å². The van der Waals surface area contributed by atoms with Crippen LogP contribution in [0.1, 0.15) is 22.4 Å². The molecule has 0 saturated carbocycles. The molecular weight excluding hydrogens is 403 g/mol. The Kier molecular flexibility index (Phi) is 10.1. The van der Waals surface area contributed by atoms with Crippen molar-refractivity contribution >= 4 is 11.3 Å². The van der Waals surface area contributed by atoms with E-state index in [1.807, 2.05) is 12.1 Å². The zero-order valence-electron chi connectivity index (χ0n) is 17.3. The third-order valence-electron chi connectivity index (χ3n) is 4.58. The highest BCUT2D eigenvalue weighted by Crippen LogP contribution is 2.30. The number of benzene rings is 2. The van der Waals surface area contributed by atoms with E-state index in [0.29, 0.717) is 19.6 Å². The van der Waals surface area contributed by atoms with E-state index >= 15 is 0 Å². The predicted molar refractivity (Wildman–Crippen MR) is 119 cm³/mol. The molecule has 2 heterocycles. The Bertz CT molecular complexity index is 871. The van der Waals surface area contributed by atoms with Gasteiger partial charge in [0, 0.05) is 29.7 Å². The lowest BCUT2D eigenvalue weighted by Gasteiger charge is -2.21. The lowest BCUT2D eigenvalue weighted by molar-refractivity contribution is -0.0714. The molecule has 4 nitrogen and oxygen atoms in total. The molecule has 162 valence electrons. The van der Waals surface area contributed by atoms with Gasteiger partial charge in [0.05, 0.1) is 25.4 Å². The molecule has 1 saturated heterocycles. The number of halogens is 1. The zero-order valence-corrected chi connectivity index (χ0v) is 18.1. The molecule has 0 aliphatic carbocycles. The van der Waals surface area contributed by atoms with Crippen molar-refractivity contribution in [2.45, 2.75) is 32.0 Å². The van der Waals surface area contributed by atoms with Crippen LogP contribution in [0, 0.1) is 12.7 Å². The average molecular weight is 433 g/mol. The molecule has 0 bridgehead atoms. The molecule has 2 atom stereocenters. The van der Waals surface area contributed by atoms with Crippen molar-refractivity contribution in [1.29, 1.82) is 0 Å². The zero-order chi connectivity index (χ0) is 21.9. The highest BCUT2D eigenvalue weighted by atomic mass is 32.1. The van der Waals surface area contributed by atoms with E-state index in [1.54, 1.807) is 11.3 Å². The first-order chi connectivity index (χ1) is 14.5. The second-order valence-electron chi connectivity index (χ2n) is 6.96. The highest BCUT2D eigenvalue weighted by molar-refractivity contribution is 7.15. The summed E-state index contributed by atoms with van der Waals surface area (Å²) in [7, 11) is 1.00. The number of aliphatic hydroxyl groups excluding tert-OH is 3. The molecule has 2 unspecified atom stereocenters. The maximum absolute atomic E-state index is 12.9. The quantitative estimate of drug-likeness (QED) is 0.580. The number of aryl methyl sites for hydroxylation is 1. The average Bonchev–Trinajstić information content (AvgIpc) is 3.21. The van der Waals surface area contributed by atoms with Crippen LogP contribution in [0.2, 0.25) is 0 Å². The van der Waals surface area contributed by atoms with Crippen LogP contribution in [0.5, 0.6) is 0 Å². The number of rotatable bonds is 3. The van der Waals surface area contributed by atoms with E-state index < -0.39 is 12.2 Å². The smallest absolute Gasteiger partial charge is 0.123 e. The molecule has 1 aromatic heterocycles. The topological polar surface area (TPSA) is 69.9 Å². The molecule has 3 aromatic rings. The minimum atomic E-state index is -0.459. The van der Waals surface area contributed by atoms with Crippen LogP contribution in [-0.4, -0.2) is 47.9 Å². The largest absolute Gasteiger partial charge is 0.400 e. The predicted octanol–water partition coefficient (Wildman–Crippen LogP) is 4.19. The summed E-state index contributed by atoms with van der Waals surface area (Å²) in [5.74, 6) is -0.189. The fourth-order valence-electron chi connectivity index (χ4n) is 3.03. The maximum Gasteiger partial charge on any atom is 0.123 e. The molecule has 1 fully saturated rings. The summed E-state index contributed by atoms with van der Waals surface area (Å²) in [6.07, 6.45) is 0.496. The summed E-state index contributed by atoms with van der Waals surface area (Å²) in [6, 6.07) is 19.4. The molecule has 1 aliphatic rings. The maximum atomic E-state index is 12.9. The van der Waals surface area contributed by atoms with Crippen LogP contribution in [0.15, 0.2) is 60.7 Å². The van der Waals surface area contributed by atoms with Crippen LogP contribution in [0.4, 0.5) is 4.39 Å². The normalized spacial score (nSPS) is 17.9. The number of thiophene rings is 1. The number of hydrogen-bond acceptors (Lipinski definition) is 5. The molecule has 0 amide bonds. The van der Waals surface area contributed by atoms with Gasteiger partial charge in [0.15, 0.2) is 0 Å². The second-order valence-corrected chi connectivity index (χ2v) is 8.13. The molecule has 6 heteroatoms. The Hall–Kier alpha value is -2.09. The molecule has 0 spiro atoms. The standard InChI is InChI=1S/C18H15FS.C5H10O3.CH4O/c1-13-4-2-3-5-15(13)12-17-10-11-18(20-17)14-6-8-16(19)9-7-14;6-4-1-5(7)3-8-2-4;1-2/h2-11H,12H2,1H3;4-7H,1-3H2;2H,1H3. The minimum Gasteiger partial charge on any atom is -0.400 e. The van der Waals surface area contributed by atoms with Crippen LogP contribution in [-0.2, 0) is 11.2 Å². The van der Waals surface area contributed by atoms with Crippen molar-refractivity contribution in [3.63, 3.8) is 0 Å². The van der Waals surface area contributed by atoms with Gasteiger partial charge in [-0.1, -0.05) is 36.4 Å². The Balaban J connectivity index is 0.000000269. The van der Waals surface area contributed by atoms with Crippen LogP contribution < -0.4 is 0 Å². The Morgan fingerprint density at radius 2 is 1.57 bits per heavy atom. The first-order valence-electron chi connectivity index (χ1n) is 9.79. The monoisotopic (exact) mass is 432 g/mol. The molecule has 1 aliphatic heterocycles. The van der Waals surface area contributed by atoms with Crippen LogP contribution in [0.25, 0.3) is 10.4 Å². The van der Waals surface area contributed by atoms with Gasteiger partial charge in [-0.05, 0) is 47.9 Å². The molecule has 3 N–H and O–H groups in total. The lowest BCUT2D eigenvalue weighted by atomic mass is 10.1. The van der Waals surface area contributed by atoms with E-state index in [1.165, 1.54) is 33.0 Å². The van der Waals surface area contributed by atoms with Crippen molar-refractivity contribution < 1.29 is 24.4 Å². The molecule has 2 aromatic carbocycles. The van der Waals surface area contributed by atoms with E-state index in [2.05, 4.69) is 43.3 Å². The van der Waals surface area contributed by atoms with E-state index in [-0.39, 0.29) is 5.82 Å². The van der Waals surface area contributed by atoms with Gasteiger partial charge >= 0.3 is 0 Å². The number of aliphatic hydroxyl groups is 3. The molecule has 4 rings (SSSR count). The molecule has 30 heavy (non-hydrogen) atoms. The Morgan fingerprint density at radius 1 is 0.933 bits per heavy atom. The van der Waals surface area contributed by atoms with Gasteiger partial charge < -0.3 is 20.1 Å². The van der Waals surface area contributed by atoms with Crippen molar-refractivity contribution in [3.05, 3.63) is 82.5 Å². The van der Waals surface area contributed by atoms with Crippen molar-refractivity contribution in [2.24, 2.45) is 0 Å². The van der Waals surface area contributed by atoms with Gasteiger partial charge in [-0.3, -0.25) is 0 Å². The Morgan fingerprint density at radius 3 is 2.13 bits per heavy atom. The fraction of sp³-hybridized carbons (Fsp3) is 0.333. The van der Waals surface area contributed by atoms with Crippen molar-refractivity contribution in [3.8, 4) is 10.4 Å². The SMILES string of the molecule is CO.Cc1ccccc1Cc1ccc(-c2ccc(F)cc2)s1.OC1COCC(O)C1. The summed E-state index contributed by atoms with van der Waals surface area (Å²) >= 11 is 1.77. The summed E-state index contributed by atoms with van der Waals surface area (Å²) in [4.78, 5) is 2.52. The van der Waals surface area contributed by atoms with Gasteiger partial charge in [0.25, 0.3) is 0 Å². The molecular formula is C24H29FO4S. The number of hydrogen-bond donors (Lipinski definition) is 3. The van der Waals surface area contributed by atoms with E-state index in [4.69, 9.17) is 20.1 Å². The number of ether oxygens (including phenoxy) is 1. The first-order valence-corrected chi connectivity index (χ1v) is 10.6.